The fraction of sp³-hybridized carbons (Fsp3) is 0.706. The van der Waals surface area contributed by atoms with E-state index in [0.717, 1.165) is 6.42 Å². The van der Waals surface area contributed by atoms with Gasteiger partial charge in [0.05, 0.1) is 6.61 Å². The summed E-state index contributed by atoms with van der Waals surface area (Å²) in [7, 11) is 0. The van der Waals surface area contributed by atoms with Crippen LogP contribution in [0.5, 0.6) is 0 Å². The molecule has 0 aromatic carbocycles. The van der Waals surface area contributed by atoms with E-state index in [9.17, 15) is 29.7 Å². The van der Waals surface area contributed by atoms with Crippen molar-refractivity contribution in [2.45, 2.75) is 56.5 Å². The van der Waals surface area contributed by atoms with Crippen LogP contribution in [0, 0.1) is 0 Å². The number of carbonyl (C=O) groups is 1. The average molecular weight is 416 g/mol. The highest BCUT2D eigenvalue weighted by atomic mass is 16.7. The molecular formula is C17H28N4O8. The molecule has 7 N–H and O–H groups in total. The lowest BCUT2D eigenvalue weighted by molar-refractivity contribution is -0.173. The van der Waals surface area contributed by atoms with Crippen LogP contribution >= 0.6 is 0 Å². The van der Waals surface area contributed by atoms with E-state index in [2.05, 4.69) is 10.3 Å². The molecule has 164 valence electrons. The zero-order chi connectivity index (χ0) is 21.4. The summed E-state index contributed by atoms with van der Waals surface area (Å²) in [5, 5.41) is 31.7. The number of aliphatic hydroxyl groups excluding tert-OH is 2. The van der Waals surface area contributed by atoms with Crippen molar-refractivity contribution in [3.8, 4) is 0 Å². The van der Waals surface area contributed by atoms with Crippen molar-refractivity contribution in [1.29, 1.82) is 0 Å². The average Bonchev–Trinajstić information content (AvgIpc) is 2.95. The van der Waals surface area contributed by atoms with Gasteiger partial charge in [0, 0.05) is 25.4 Å². The van der Waals surface area contributed by atoms with Gasteiger partial charge in [0.25, 0.3) is 5.56 Å². The van der Waals surface area contributed by atoms with Gasteiger partial charge in [-0.05, 0) is 19.4 Å². The minimum absolute atomic E-state index is 0.00385. The molecule has 1 aliphatic heterocycles. The van der Waals surface area contributed by atoms with Gasteiger partial charge in [-0.3, -0.25) is 14.6 Å². The van der Waals surface area contributed by atoms with Crippen molar-refractivity contribution in [3.63, 3.8) is 0 Å². The number of H-pyrrole nitrogens is 1. The van der Waals surface area contributed by atoms with Crippen LogP contribution < -0.4 is 22.3 Å². The van der Waals surface area contributed by atoms with Crippen LogP contribution in [-0.2, 0) is 20.8 Å². The van der Waals surface area contributed by atoms with Gasteiger partial charge in [-0.1, -0.05) is 6.42 Å². The summed E-state index contributed by atoms with van der Waals surface area (Å²) in [4.78, 5) is 36.1. The number of hydrogen-bond acceptors (Lipinski definition) is 9. The van der Waals surface area contributed by atoms with Gasteiger partial charge in [-0.25, -0.2) is 4.79 Å². The van der Waals surface area contributed by atoms with Crippen molar-refractivity contribution in [2.24, 2.45) is 5.73 Å². The second kappa shape index (κ2) is 11.2. The van der Waals surface area contributed by atoms with Gasteiger partial charge in [0.2, 0.25) is 0 Å². The summed E-state index contributed by atoms with van der Waals surface area (Å²) in [6.07, 6.45) is -0.867. The molecular weight excluding hydrogens is 388 g/mol. The number of unbranched alkanes of at least 4 members (excludes halogenated alkanes) is 2. The largest absolute Gasteiger partial charge is 0.480 e. The molecule has 0 radical (unpaired) electrons. The first-order chi connectivity index (χ1) is 13.8. The minimum atomic E-state index is -1.30. The number of carboxylic acids is 1. The number of nitrogens with two attached hydrogens (primary N) is 1. The number of nitrogens with one attached hydrogen (secondary N) is 2. The molecule has 1 aromatic heterocycles. The van der Waals surface area contributed by atoms with Crippen molar-refractivity contribution >= 4 is 5.97 Å². The monoisotopic (exact) mass is 416 g/mol. The first kappa shape index (κ1) is 23.2. The maximum Gasteiger partial charge on any atom is 0.328 e. The highest BCUT2D eigenvalue weighted by Gasteiger charge is 2.43. The predicted octanol–water partition coefficient (Wildman–Crippen LogP) is -2.83. The minimum Gasteiger partial charge on any atom is -0.480 e. The van der Waals surface area contributed by atoms with Crippen LogP contribution in [0.25, 0.3) is 0 Å². The van der Waals surface area contributed by atoms with Gasteiger partial charge >= 0.3 is 11.7 Å². The van der Waals surface area contributed by atoms with Crippen molar-refractivity contribution in [3.05, 3.63) is 33.1 Å². The number of hydrogen-bond donors (Lipinski definition) is 6. The Kier molecular flexibility index (Phi) is 8.95. The Morgan fingerprint density at radius 1 is 1.31 bits per heavy atom. The Morgan fingerprint density at radius 2 is 2.07 bits per heavy atom. The van der Waals surface area contributed by atoms with Crippen molar-refractivity contribution in [2.75, 3.05) is 19.7 Å². The predicted molar refractivity (Wildman–Crippen MR) is 100 cm³/mol. The molecule has 29 heavy (non-hydrogen) atoms. The maximum absolute atomic E-state index is 11.6. The van der Waals surface area contributed by atoms with E-state index in [1.807, 2.05) is 0 Å². The van der Waals surface area contributed by atoms with Crippen LogP contribution in [-0.4, -0.2) is 81.2 Å². The van der Waals surface area contributed by atoms with E-state index < -0.39 is 47.9 Å². The smallest absolute Gasteiger partial charge is 0.328 e. The van der Waals surface area contributed by atoms with E-state index in [1.54, 1.807) is 0 Å². The molecule has 1 fully saturated rings. The molecule has 0 spiro atoms. The summed E-state index contributed by atoms with van der Waals surface area (Å²) in [5.74, 6) is -1.12. The summed E-state index contributed by atoms with van der Waals surface area (Å²) in [6, 6.07) is 0.266. The molecule has 1 aliphatic rings. The fourth-order valence-corrected chi connectivity index (χ4v) is 2.94. The SMILES string of the molecule is NC[C@H]1O[C@@H](OCC(NCCCCCn2ccc(=O)[nH]c2=O)C(=O)O)[C@H](O)[C@@H]1O. The Labute approximate surface area is 166 Å². The molecule has 1 saturated heterocycles. The van der Waals surface area contributed by atoms with E-state index in [1.165, 1.54) is 16.8 Å². The third kappa shape index (κ3) is 6.73. The molecule has 5 atom stereocenters. The number of aliphatic hydroxyl groups is 2. The second-order valence-corrected chi connectivity index (χ2v) is 6.80. The lowest BCUT2D eigenvalue weighted by atomic mass is 10.1. The maximum atomic E-state index is 11.6. The topological polar surface area (TPSA) is 189 Å². The van der Waals surface area contributed by atoms with E-state index in [4.69, 9.17) is 15.2 Å². The first-order valence-electron chi connectivity index (χ1n) is 9.42. The third-order valence-corrected chi connectivity index (χ3v) is 4.64. The number of ether oxygens (including phenoxy) is 2. The van der Waals surface area contributed by atoms with Crippen LogP contribution in [0.4, 0.5) is 0 Å². The molecule has 12 heteroatoms. The number of carboxylic acid groups (broad SMARTS) is 1. The Bertz CT molecular complexity index is 766. The van der Waals surface area contributed by atoms with Crippen LogP contribution in [0.1, 0.15) is 19.3 Å². The standard InChI is InChI=1S/C17H28N4O8/c18-8-11-13(23)14(24)16(29-11)28-9-10(15(25)26)19-5-2-1-3-6-21-7-4-12(22)20-17(21)27/h4,7,10-11,13-14,16,19,23-24H,1-3,5-6,8-9,18H2,(H,25,26)(H,20,22,27)/t10?,11-,13-,14-,16-/m1/s1. The Morgan fingerprint density at radius 3 is 2.69 bits per heavy atom. The van der Waals surface area contributed by atoms with Crippen molar-refractivity contribution in [1.82, 2.24) is 14.9 Å². The molecule has 2 heterocycles. The molecule has 0 amide bonds. The third-order valence-electron chi connectivity index (χ3n) is 4.64. The summed E-state index contributed by atoms with van der Waals surface area (Å²) in [5.41, 5.74) is 4.51. The van der Waals surface area contributed by atoms with Gasteiger partial charge < -0.3 is 40.4 Å². The van der Waals surface area contributed by atoms with E-state index in [0.29, 0.717) is 25.9 Å². The number of aromatic amines is 1. The lowest BCUT2D eigenvalue weighted by Crippen LogP contribution is -2.43. The number of nitrogens with zero attached hydrogens (tertiary/aromatic N) is 1. The number of aromatic nitrogens is 2. The summed E-state index contributed by atoms with van der Waals surface area (Å²) in [6.45, 7) is 0.601. The van der Waals surface area contributed by atoms with Crippen LogP contribution in [0.15, 0.2) is 21.9 Å². The van der Waals surface area contributed by atoms with Gasteiger partial charge in [0.1, 0.15) is 24.4 Å². The zero-order valence-corrected chi connectivity index (χ0v) is 15.9. The molecule has 1 aromatic rings. The highest BCUT2D eigenvalue weighted by molar-refractivity contribution is 5.73. The molecule has 0 bridgehead atoms. The molecule has 2 rings (SSSR count). The second-order valence-electron chi connectivity index (χ2n) is 6.80. The highest BCUT2D eigenvalue weighted by Crippen LogP contribution is 2.21. The fourth-order valence-electron chi connectivity index (χ4n) is 2.94. The normalized spacial score (nSPS) is 25.2. The summed E-state index contributed by atoms with van der Waals surface area (Å²) < 4.78 is 12.0. The van der Waals surface area contributed by atoms with Gasteiger partial charge in [-0.2, -0.15) is 0 Å². The zero-order valence-electron chi connectivity index (χ0n) is 15.9. The number of aryl methyl sites for hydroxylation is 1. The molecule has 1 unspecified atom stereocenters. The summed E-state index contributed by atoms with van der Waals surface area (Å²) >= 11 is 0. The Balaban J connectivity index is 1.67. The quantitative estimate of drug-likeness (QED) is 0.194. The van der Waals surface area contributed by atoms with Crippen LogP contribution in [0.2, 0.25) is 0 Å². The molecule has 0 saturated carbocycles. The van der Waals surface area contributed by atoms with Crippen molar-refractivity contribution < 1.29 is 29.6 Å². The Hall–Kier alpha value is -2.09. The van der Waals surface area contributed by atoms with E-state index in [-0.39, 0.29) is 13.2 Å². The number of aliphatic carboxylic acids is 1. The van der Waals surface area contributed by atoms with E-state index >= 15 is 0 Å². The first-order valence-corrected chi connectivity index (χ1v) is 9.42. The van der Waals surface area contributed by atoms with Crippen LogP contribution in [0.3, 0.4) is 0 Å². The molecule has 12 nitrogen and oxygen atoms in total. The number of rotatable bonds is 12. The van der Waals surface area contributed by atoms with Gasteiger partial charge in [0.15, 0.2) is 6.29 Å². The van der Waals surface area contributed by atoms with Gasteiger partial charge in [-0.15, -0.1) is 0 Å². The lowest BCUT2D eigenvalue weighted by Gasteiger charge is -2.19. The molecule has 0 aliphatic carbocycles.